The van der Waals surface area contributed by atoms with Gasteiger partial charge in [0.25, 0.3) is 0 Å². The molecule has 6 nitrogen and oxygen atoms in total. The number of rotatable bonds is 6. The molecule has 4 rings (SSSR count). The van der Waals surface area contributed by atoms with Gasteiger partial charge in [-0.25, -0.2) is 4.98 Å². The van der Waals surface area contributed by atoms with Gasteiger partial charge < -0.3 is 15.1 Å². The maximum Gasteiger partial charge on any atom is 0.225 e. The summed E-state index contributed by atoms with van der Waals surface area (Å²) in [6.07, 6.45) is 13.6. The van der Waals surface area contributed by atoms with E-state index in [4.69, 9.17) is 4.98 Å². The van der Waals surface area contributed by atoms with Crippen molar-refractivity contribution in [2.45, 2.75) is 83.6 Å². The molecular weight excluding hydrogens is 362 g/mol. The quantitative estimate of drug-likeness (QED) is 0.779. The minimum atomic E-state index is 0.343. The van der Waals surface area contributed by atoms with Crippen LogP contribution in [0.5, 0.6) is 0 Å². The van der Waals surface area contributed by atoms with Crippen molar-refractivity contribution in [2.75, 3.05) is 36.4 Å². The molecule has 2 saturated carbocycles. The van der Waals surface area contributed by atoms with Crippen LogP contribution in [0.3, 0.4) is 0 Å². The molecule has 1 aromatic heterocycles. The van der Waals surface area contributed by atoms with Gasteiger partial charge in [0.1, 0.15) is 5.82 Å². The van der Waals surface area contributed by atoms with Gasteiger partial charge in [-0.2, -0.15) is 4.98 Å². The van der Waals surface area contributed by atoms with Crippen molar-refractivity contribution in [2.24, 2.45) is 5.92 Å². The highest BCUT2D eigenvalue weighted by molar-refractivity contribution is 5.76. The summed E-state index contributed by atoms with van der Waals surface area (Å²) in [6.45, 7) is 5.36. The molecular formula is C23H37N5O. The summed E-state index contributed by atoms with van der Waals surface area (Å²) in [7, 11) is 0. The van der Waals surface area contributed by atoms with E-state index in [9.17, 15) is 4.79 Å². The third-order valence-corrected chi connectivity index (χ3v) is 6.98. The summed E-state index contributed by atoms with van der Waals surface area (Å²) in [5.41, 5.74) is 1.00. The van der Waals surface area contributed by atoms with Gasteiger partial charge in [0.05, 0.1) is 0 Å². The Morgan fingerprint density at radius 3 is 2.41 bits per heavy atom. The van der Waals surface area contributed by atoms with Crippen LogP contribution in [0.15, 0.2) is 6.07 Å². The van der Waals surface area contributed by atoms with Crippen LogP contribution in [-0.2, 0) is 4.79 Å². The summed E-state index contributed by atoms with van der Waals surface area (Å²) in [5, 5.41) is 3.56. The molecule has 1 saturated heterocycles. The van der Waals surface area contributed by atoms with Gasteiger partial charge >= 0.3 is 0 Å². The van der Waals surface area contributed by atoms with Crippen molar-refractivity contribution in [1.29, 1.82) is 0 Å². The normalized spacial score (nSPS) is 21.6. The standard InChI is InChI=1S/C23H37N5O/c1-18-17-21(26-23(24-18)25-20-9-3-2-4-10-20)27-13-15-28(16-14-27)22(29)12-11-19-7-5-6-8-19/h17,19-20H,2-16H2,1H3,(H,24,25,26). The minimum Gasteiger partial charge on any atom is -0.353 e. The van der Waals surface area contributed by atoms with Crippen molar-refractivity contribution < 1.29 is 4.79 Å². The van der Waals surface area contributed by atoms with Gasteiger partial charge in [0.2, 0.25) is 11.9 Å². The van der Waals surface area contributed by atoms with Crippen LogP contribution in [-0.4, -0.2) is 53.0 Å². The van der Waals surface area contributed by atoms with Crippen molar-refractivity contribution in [3.05, 3.63) is 11.8 Å². The second-order valence-corrected chi connectivity index (χ2v) is 9.23. The maximum atomic E-state index is 12.6. The summed E-state index contributed by atoms with van der Waals surface area (Å²) >= 11 is 0. The fourth-order valence-electron chi connectivity index (χ4n) is 5.18. The lowest BCUT2D eigenvalue weighted by atomic mass is 9.96. The number of carbonyl (C=O) groups is 1. The smallest absolute Gasteiger partial charge is 0.225 e. The fourth-order valence-corrected chi connectivity index (χ4v) is 5.18. The highest BCUT2D eigenvalue weighted by atomic mass is 16.2. The van der Waals surface area contributed by atoms with E-state index < -0.39 is 0 Å². The zero-order valence-electron chi connectivity index (χ0n) is 18.0. The SMILES string of the molecule is Cc1cc(N2CCN(C(=O)CCC3CCCC3)CC2)nc(NC2CCCCC2)n1. The van der Waals surface area contributed by atoms with E-state index in [1.807, 2.05) is 6.92 Å². The number of anilines is 2. The maximum absolute atomic E-state index is 12.6. The molecule has 0 spiro atoms. The molecule has 1 aromatic rings. The van der Waals surface area contributed by atoms with Gasteiger partial charge in [0.15, 0.2) is 0 Å². The van der Waals surface area contributed by atoms with Crippen molar-refractivity contribution in [1.82, 2.24) is 14.9 Å². The molecule has 2 heterocycles. The fraction of sp³-hybridized carbons (Fsp3) is 0.783. The highest BCUT2D eigenvalue weighted by Gasteiger charge is 2.24. The molecule has 1 amide bonds. The number of piperazine rings is 1. The molecule has 1 N–H and O–H groups in total. The lowest BCUT2D eigenvalue weighted by Gasteiger charge is -2.36. The Labute approximate surface area is 175 Å². The first-order valence-corrected chi connectivity index (χ1v) is 11.8. The van der Waals surface area contributed by atoms with Crippen LogP contribution in [0.4, 0.5) is 11.8 Å². The lowest BCUT2D eigenvalue weighted by molar-refractivity contribution is -0.131. The number of nitrogens with zero attached hydrogens (tertiary/aromatic N) is 4. The van der Waals surface area contributed by atoms with Crippen LogP contribution in [0.25, 0.3) is 0 Å². The summed E-state index contributed by atoms with van der Waals surface area (Å²) < 4.78 is 0. The molecule has 160 valence electrons. The van der Waals surface area contributed by atoms with Gasteiger partial charge in [-0.1, -0.05) is 44.9 Å². The molecule has 0 unspecified atom stereocenters. The molecule has 6 heteroatoms. The Balaban J connectivity index is 1.29. The van der Waals surface area contributed by atoms with E-state index in [0.29, 0.717) is 11.9 Å². The molecule has 3 fully saturated rings. The average Bonchev–Trinajstić information content (AvgIpc) is 3.26. The second-order valence-electron chi connectivity index (χ2n) is 9.23. The predicted octanol–water partition coefficient (Wildman–Crippen LogP) is 4.15. The molecule has 0 aromatic carbocycles. The number of aromatic nitrogens is 2. The summed E-state index contributed by atoms with van der Waals surface area (Å²) in [4.78, 5) is 26.4. The van der Waals surface area contributed by atoms with E-state index in [-0.39, 0.29) is 0 Å². The van der Waals surface area contributed by atoms with Crippen LogP contribution in [0.1, 0.15) is 76.3 Å². The third kappa shape index (κ3) is 5.61. The lowest BCUT2D eigenvalue weighted by Crippen LogP contribution is -2.49. The van der Waals surface area contributed by atoms with E-state index >= 15 is 0 Å². The number of hydrogen-bond acceptors (Lipinski definition) is 5. The molecule has 29 heavy (non-hydrogen) atoms. The molecule has 1 aliphatic heterocycles. The van der Waals surface area contributed by atoms with Gasteiger partial charge in [-0.15, -0.1) is 0 Å². The zero-order valence-corrected chi connectivity index (χ0v) is 18.0. The zero-order chi connectivity index (χ0) is 20.1. The highest BCUT2D eigenvalue weighted by Crippen LogP contribution is 2.29. The van der Waals surface area contributed by atoms with Gasteiger partial charge in [-0.05, 0) is 32.1 Å². The Kier molecular flexibility index (Phi) is 6.88. The molecule has 2 aliphatic carbocycles. The van der Waals surface area contributed by atoms with Crippen molar-refractivity contribution in [3.63, 3.8) is 0 Å². The Bertz CT molecular complexity index is 674. The average molecular weight is 400 g/mol. The summed E-state index contributed by atoms with van der Waals surface area (Å²) in [5.74, 6) is 2.89. The summed E-state index contributed by atoms with van der Waals surface area (Å²) in [6, 6.07) is 2.58. The van der Waals surface area contributed by atoms with Gasteiger partial charge in [-0.3, -0.25) is 4.79 Å². The molecule has 0 bridgehead atoms. The minimum absolute atomic E-state index is 0.343. The van der Waals surface area contributed by atoms with Crippen LogP contribution < -0.4 is 10.2 Å². The van der Waals surface area contributed by atoms with E-state index in [2.05, 4.69) is 26.2 Å². The topological polar surface area (TPSA) is 61.4 Å². The van der Waals surface area contributed by atoms with Crippen molar-refractivity contribution >= 4 is 17.7 Å². The first-order chi connectivity index (χ1) is 14.2. The van der Waals surface area contributed by atoms with E-state index in [1.54, 1.807) is 0 Å². The number of amides is 1. The number of aryl methyl sites for hydroxylation is 1. The Hall–Kier alpha value is -1.85. The predicted molar refractivity (Wildman–Crippen MR) is 117 cm³/mol. The van der Waals surface area contributed by atoms with Crippen molar-refractivity contribution in [3.8, 4) is 0 Å². The Morgan fingerprint density at radius 2 is 1.69 bits per heavy atom. The second kappa shape index (κ2) is 9.77. The largest absolute Gasteiger partial charge is 0.353 e. The number of carbonyl (C=O) groups excluding carboxylic acids is 1. The molecule has 3 aliphatic rings. The molecule has 0 radical (unpaired) electrons. The Morgan fingerprint density at radius 1 is 1.00 bits per heavy atom. The van der Waals surface area contributed by atoms with E-state index in [1.165, 1.54) is 57.8 Å². The first kappa shape index (κ1) is 20.4. The molecule has 0 atom stereocenters. The number of nitrogens with one attached hydrogen (secondary N) is 1. The van der Waals surface area contributed by atoms with Crippen LogP contribution >= 0.6 is 0 Å². The monoisotopic (exact) mass is 399 g/mol. The van der Waals surface area contributed by atoms with Crippen LogP contribution in [0.2, 0.25) is 0 Å². The van der Waals surface area contributed by atoms with Crippen LogP contribution in [0, 0.1) is 12.8 Å². The third-order valence-electron chi connectivity index (χ3n) is 6.98. The van der Waals surface area contributed by atoms with Gasteiger partial charge in [0, 0.05) is 50.4 Å². The number of hydrogen-bond donors (Lipinski definition) is 1. The first-order valence-electron chi connectivity index (χ1n) is 11.8. The van der Waals surface area contributed by atoms with E-state index in [0.717, 1.165) is 62.4 Å².